The molecule has 2 atom stereocenters. The molecule has 2 aromatic carbocycles. The highest BCUT2D eigenvalue weighted by atomic mass is 16.5. The third-order valence-electron chi connectivity index (χ3n) is 5.15. The average molecular weight is 337 g/mol. The molecule has 5 heteroatoms. The molecule has 2 aliphatic rings. The summed E-state index contributed by atoms with van der Waals surface area (Å²) >= 11 is 0. The van der Waals surface area contributed by atoms with Gasteiger partial charge in [-0.15, -0.1) is 0 Å². The molecule has 2 heterocycles. The van der Waals surface area contributed by atoms with Crippen molar-refractivity contribution in [1.29, 1.82) is 0 Å². The molecule has 1 amide bonds. The van der Waals surface area contributed by atoms with Gasteiger partial charge in [0.2, 0.25) is 0 Å². The van der Waals surface area contributed by atoms with Gasteiger partial charge in [0.1, 0.15) is 12.4 Å². The zero-order valence-corrected chi connectivity index (χ0v) is 14.6. The van der Waals surface area contributed by atoms with E-state index in [4.69, 9.17) is 10.5 Å². The van der Waals surface area contributed by atoms with Gasteiger partial charge in [-0.1, -0.05) is 18.2 Å². The highest BCUT2D eigenvalue weighted by Gasteiger charge is 2.33. The van der Waals surface area contributed by atoms with Crippen LogP contribution in [0.25, 0.3) is 0 Å². The van der Waals surface area contributed by atoms with Crippen LogP contribution in [0, 0.1) is 0 Å². The number of anilines is 2. The standard InChI is InChI=1S/C20H23N3O2/c1-13-11-16(21)15-5-3-4-6-17(15)23(13)20(24)14-7-8-18-19(12-14)25-10-9-22(18)2/h3-8,12-13,16H,9-11,21H2,1-2H3/t13-,16+/m0/s1. The molecule has 2 aromatic rings. The minimum atomic E-state index is -0.0317. The fourth-order valence-electron chi connectivity index (χ4n) is 3.80. The van der Waals surface area contributed by atoms with Gasteiger partial charge in [-0.25, -0.2) is 0 Å². The fraction of sp³-hybridized carbons (Fsp3) is 0.350. The van der Waals surface area contributed by atoms with Crippen molar-refractivity contribution in [3.8, 4) is 5.75 Å². The Bertz CT molecular complexity index is 820. The molecule has 0 spiro atoms. The SMILES string of the molecule is C[C@H]1C[C@@H](N)c2ccccc2N1C(=O)c1ccc2c(c1)OCCN2C. The van der Waals surface area contributed by atoms with Crippen molar-refractivity contribution in [1.82, 2.24) is 0 Å². The zero-order valence-electron chi connectivity index (χ0n) is 14.6. The van der Waals surface area contributed by atoms with Gasteiger partial charge >= 0.3 is 0 Å². The first-order chi connectivity index (χ1) is 12.1. The molecule has 2 aliphatic heterocycles. The van der Waals surface area contributed by atoms with E-state index < -0.39 is 0 Å². The second-order valence-electron chi connectivity index (χ2n) is 6.88. The fourth-order valence-corrected chi connectivity index (χ4v) is 3.80. The molecule has 0 aromatic heterocycles. The van der Waals surface area contributed by atoms with Crippen molar-refractivity contribution < 1.29 is 9.53 Å². The number of hydrogen-bond donors (Lipinski definition) is 1. The Balaban J connectivity index is 1.73. The van der Waals surface area contributed by atoms with E-state index in [1.165, 1.54) is 0 Å². The van der Waals surface area contributed by atoms with E-state index in [1.54, 1.807) is 0 Å². The molecule has 0 bridgehead atoms. The normalized spacial score (nSPS) is 22.0. The van der Waals surface area contributed by atoms with Gasteiger partial charge in [-0.3, -0.25) is 4.79 Å². The monoisotopic (exact) mass is 337 g/mol. The Hall–Kier alpha value is -2.53. The van der Waals surface area contributed by atoms with Crippen molar-refractivity contribution in [2.75, 3.05) is 30.0 Å². The first kappa shape index (κ1) is 16.0. The van der Waals surface area contributed by atoms with Crippen molar-refractivity contribution >= 4 is 17.3 Å². The number of para-hydroxylation sites is 1. The lowest BCUT2D eigenvalue weighted by molar-refractivity contribution is 0.0973. The Kier molecular flexibility index (Phi) is 3.88. The third kappa shape index (κ3) is 2.65. The van der Waals surface area contributed by atoms with E-state index in [2.05, 4.69) is 11.8 Å². The summed E-state index contributed by atoms with van der Waals surface area (Å²) in [5, 5.41) is 0. The van der Waals surface area contributed by atoms with Gasteiger partial charge < -0.3 is 20.3 Å². The van der Waals surface area contributed by atoms with E-state index in [9.17, 15) is 4.79 Å². The van der Waals surface area contributed by atoms with Crippen LogP contribution in [0.15, 0.2) is 42.5 Å². The predicted octanol–water partition coefficient (Wildman–Crippen LogP) is 2.95. The summed E-state index contributed by atoms with van der Waals surface area (Å²) in [6, 6.07) is 13.6. The van der Waals surface area contributed by atoms with Crippen LogP contribution in [0.2, 0.25) is 0 Å². The number of ether oxygens (including phenoxy) is 1. The lowest BCUT2D eigenvalue weighted by Gasteiger charge is -2.38. The lowest BCUT2D eigenvalue weighted by atomic mass is 9.91. The summed E-state index contributed by atoms with van der Waals surface area (Å²) in [5.74, 6) is 0.765. The number of nitrogens with two attached hydrogens (primary N) is 1. The van der Waals surface area contributed by atoms with Crippen molar-refractivity contribution in [3.63, 3.8) is 0 Å². The highest BCUT2D eigenvalue weighted by molar-refractivity contribution is 6.07. The summed E-state index contributed by atoms with van der Waals surface area (Å²) < 4.78 is 5.75. The molecule has 130 valence electrons. The molecule has 0 radical (unpaired) electrons. The number of benzene rings is 2. The minimum Gasteiger partial charge on any atom is -0.490 e. The maximum absolute atomic E-state index is 13.3. The number of carbonyl (C=O) groups is 1. The van der Waals surface area contributed by atoms with Crippen molar-refractivity contribution in [2.45, 2.75) is 25.4 Å². The topological polar surface area (TPSA) is 58.8 Å². The van der Waals surface area contributed by atoms with E-state index in [0.717, 1.165) is 35.7 Å². The maximum atomic E-state index is 13.3. The van der Waals surface area contributed by atoms with Crippen LogP contribution in [0.1, 0.15) is 35.3 Å². The van der Waals surface area contributed by atoms with Crippen LogP contribution >= 0.6 is 0 Å². The summed E-state index contributed by atoms with van der Waals surface area (Å²) in [6.45, 7) is 3.55. The van der Waals surface area contributed by atoms with Crippen LogP contribution in [0.3, 0.4) is 0 Å². The zero-order chi connectivity index (χ0) is 17.6. The molecule has 5 nitrogen and oxygen atoms in total. The molecular weight excluding hydrogens is 314 g/mol. The smallest absolute Gasteiger partial charge is 0.258 e. The summed E-state index contributed by atoms with van der Waals surface area (Å²) in [6.07, 6.45) is 0.757. The molecule has 0 saturated carbocycles. The van der Waals surface area contributed by atoms with Gasteiger partial charge in [-0.2, -0.15) is 0 Å². The van der Waals surface area contributed by atoms with Gasteiger partial charge in [-0.05, 0) is 43.2 Å². The van der Waals surface area contributed by atoms with E-state index in [1.807, 2.05) is 54.4 Å². The molecule has 0 aliphatic carbocycles. The van der Waals surface area contributed by atoms with Gasteiger partial charge in [0, 0.05) is 30.4 Å². The van der Waals surface area contributed by atoms with Crippen molar-refractivity contribution in [3.05, 3.63) is 53.6 Å². The van der Waals surface area contributed by atoms with Gasteiger partial charge in [0.15, 0.2) is 0 Å². The number of amides is 1. The highest BCUT2D eigenvalue weighted by Crippen LogP contribution is 2.38. The number of fused-ring (bicyclic) bond motifs is 2. The lowest BCUT2D eigenvalue weighted by Crippen LogP contribution is -2.44. The average Bonchev–Trinajstić information content (AvgIpc) is 2.61. The minimum absolute atomic E-state index is 0.00789. The van der Waals surface area contributed by atoms with Gasteiger partial charge in [0.05, 0.1) is 12.2 Å². The van der Waals surface area contributed by atoms with Crippen LogP contribution in [0.5, 0.6) is 5.75 Å². The maximum Gasteiger partial charge on any atom is 0.258 e. The molecule has 25 heavy (non-hydrogen) atoms. The molecule has 2 N–H and O–H groups in total. The summed E-state index contributed by atoms with van der Waals surface area (Å²) in [4.78, 5) is 17.3. The predicted molar refractivity (Wildman–Crippen MR) is 99.5 cm³/mol. The van der Waals surface area contributed by atoms with Crippen LogP contribution in [0.4, 0.5) is 11.4 Å². The van der Waals surface area contributed by atoms with Crippen LogP contribution < -0.4 is 20.3 Å². The molecule has 0 unspecified atom stereocenters. The largest absolute Gasteiger partial charge is 0.490 e. The first-order valence-corrected chi connectivity index (χ1v) is 8.72. The van der Waals surface area contributed by atoms with E-state index >= 15 is 0 Å². The van der Waals surface area contributed by atoms with Crippen molar-refractivity contribution in [2.24, 2.45) is 5.73 Å². The first-order valence-electron chi connectivity index (χ1n) is 8.72. The summed E-state index contributed by atoms with van der Waals surface area (Å²) in [5.41, 5.74) is 9.89. The van der Waals surface area contributed by atoms with Gasteiger partial charge in [0.25, 0.3) is 5.91 Å². The quantitative estimate of drug-likeness (QED) is 0.869. The second-order valence-corrected chi connectivity index (χ2v) is 6.88. The number of carbonyl (C=O) groups excluding carboxylic acids is 1. The van der Waals surface area contributed by atoms with E-state index in [0.29, 0.717) is 12.2 Å². The Morgan fingerprint density at radius 2 is 2.00 bits per heavy atom. The number of hydrogen-bond acceptors (Lipinski definition) is 4. The molecule has 0 fully saturated rings. The molecule has 4 rings (SSSR count). The Morgan fingerprint density at radius 1 is 1.20 bits per heavy atom. The van der Waals surface area contributed by atoms with E-state index in [-0.39, 0.29) is 18.0 Å². The number of nitrogens with zero attached hydrogens (tertiary/aromatic N) is 2. The Morgan fingerprint density at radius 3 is 2.84 bits per heavy atom. The Labute approximate surface area is 148 Å². The van der Waals surface area contributed by atoms with Crippen LogP contribution in [-0.4, -0.2) is 32.1 Å². The third-order valence-corrected chi connectivity index (χ3v) is 5.15. The summed E-state index contributed by atoms with van der Waals surface area (Å²) in [7, 11) is 2.03. The molecule has 0 saturated heterocycles. The molecular formula is C20H23N3O2. The van der Waals surface area contributed by atoms with Crippen LogP contribution in [-0.2, 0) is 0 Å². The number of rotatable bonds is 1. The number of likely N-dealkylation sites (N-methyl/N-ethyl adjacent to an activating group) is 1. The second kappa shape index (κ2) is 6.08.